The van der Waals surface area contributed by atoms with Crippen molar-refractivity contribution < 1.29 is 5.11 Å². The summed E-state index contributed by atoms with van der Waals surface area (Å²) in [5, 5.41) is 10.2. The summed E-state index contributed by atoms with van der Waals surface area (Å²) in [6.45, 7) is 10.9. The summed E-state index contributed by atoms with van der Waals surface area (Å²) < 4.78 is 0. The highest BCUT2D eigenvalue weighted by atomic mass is 16.3. The molecule has 1 nitrogen and oxygen atoms in total. The van der Waals surface area contributed by atoms with E-state index in [4.69, 9.17) is 0 Å². The molecule has 0 fully saturated rings. The highest BCUT2D eigenvalue weighted by Crippen LogP contribution is 2.45. The van der Waals surface area contributed by atoms with Crippen molar-refractivity contribution in [1.29, 1.82) is 0 Å². The molecule has 1 aliphatic rings. The Bertz CT molecular complexity index is 284. The van der Waals surface area contributed by atoms with Crippen LogP contribution in [0.25, 0.3) is 0 Å². The predicted octanol–water partition coefficient (Wildman–Crippen LogP) is 3.70. The van der Waals surface area contributed by atoms with Crippen LogP contribution in [0.4, 0.5) is 0 Å². The van der Waals surface area contributed by atoms with Crippen LogP contribution in [0, 0.1) is 11.3 Å². The summed E-state index contributed by atoms with van der Waals surface area (Å²) in [6.07, 6.45) is 5.80. The van der Waals surface area contributed by atoms with E-state index in [1.54, 1.807) is 0 Å². The average Bonchev–Trinajstić information content (AvgIpc) is 2.12. The predicted molar refractivity (Wildman–Crippen MR) is 65.7 cm³/mol. The van der Waals surface area contributed by atoms with Gasteiger partial charge < -0.3 is 5.11 Å². The largest absolute Gasteiger partial charge is 0.385 e. The highest BCUT2D eigenvalue weighted by molar-refractivity contribution is 5.30. The van der Waals surface area contributed by atoms with Crippen molar-refractivity contribution in [2.24, 2.45) is 11.3 Å². The van der Waals surface area contributed by atoms with Crippen molar-refractivity contribution in [3.05, 3.63) is 23.3 Å². The van der Waals surface area contributed by atoms with Crippen molar-refractivity contribution in [3.8, 4) is 0 Å². The molecule has 0 saturated heterocycles. The Hall–Kier alpha value is -0.560. The summed E-state index contributed by atoms with van der Waals surface area (Å²) in [5.74, 6) is 0.649. The molecule has 0 spiro atoms. The van der Waals surface area contributed by atoms with Crippen LogP contribution in [0.15, 0.2) is 23.3 Å². The topological polar surface area (TPSA) is 20.2 Å². The van der Waals surface area contributed by atoms with E-state index in [2.05, 4.69) is 27.7 Å². The molecular formula is C14H24O. The van der Waals surface area contributed by atoms with Crippen LogP contribution in [0.3, 0.4) is 0 Å². The van der Waals surface area contributed by atoms with E-state index in [1.807, 2.05) is 19.1 Å². The molecule has 0 aromatic carbocycles. The first-order valence-corrected chi connectivity index (χ1v) is 5.92. The van der Waals surface area contributed by atoms with Gasteiger partial charge in [-0.25, -0.2) is 0 Å². The normalized spacial score (nSPS) is 28.5. The molecule has 1 heteroatoms. The summed E-state index contributed by atoms with van der Waals surface area (Å²) in [6, 6.07) is 0. The molecule has 0 heterocycles. The van der Waals surface area contributed by atoms with E-state index in [0.29, 0.717) is 5.92 Å². The van der Waals surface area contributed by atoms with Crippen molar-refractivity contribution in [2.45, 2.75) is 53.6 Å². The summed E-state index contributed by atoms with van der Waals surface area (Å²) in [5.41, 5.74) is 2.74. The van der Waals surface area contributed by atoms with Crippen LogP contribution < -0.4 is 0 Å². The number of rotatable bonds is 2. The second-order valence-corrected chi connectivity index (χ2v) is 5.33. The monoisotopic (exact) mass is 208 g/mol. The van der Waals surface area contributed by atoms with E-state index in [-0.39, 0.29) is 5.41 Å². The molecule has 0 aliphatic heterocycles. The quantitative estimate of drug-likeness (QED) is 0.686. The Morgan fingerprint density at radius 2 is 2.07 bits per heavy atom. The molecule has 1 rings (SSSR count). The van der Waals surface area contributed by atoms with Gasteiger partial charge in [0.1, 0.15) is 0 Å². The van der Waals surface area contributed by atoms with Gasteiger partial charge in [-0.1, -0.05) is 38.5 Å². The van der Waals surface area contributed by atoms with Crippen molar-refractivity contribution in [3.63, 3.8) is 0 Å². The van der Waals surface area contributed by atoms with Gasteiger partial charge in [-0.3, -0.25) is 0 Å². The van der Waals surface area contributed by atoms with Gasteiger partial charge in [-0.15, -0.1) is 0 Å². The molecule has 2 unspecified atom stereocenters. The van der Waals surface area contributed by atoms with E-state index in [1.165, 1.54) is 17.6 Å². The Morgan fingerprint density at radius 3 is 2.60 bits per heavy atom. The fourth-order valence-electron chi connectivity index (χ4n) is 2.66. The van der Waals surface area contributed by atoms with Gasteiger partial charge in [-0.05, 0) is 43.6 Å². The van der Waals surface area contributed by atoms with Crippen LogP contribution in [0.1, 0.15) is 47.5 Å². The van der Waals surface area contributed by atoms with Gasteiger partial charge in [0, 0.05) is 0 Å². The number of hydrogen-bond donors (Lipinski definition) is 1. The van der Waals surface area contributed by atoms with Gasteiger partial charge in [0.2, 0.25) is 0 Å². The fraction of sp³-hybridized carbons (Fsp3) is 0.714. The lowest BCUT2D eigenvalue weighted by Crippen LogP contribution is -2.34. The van der Waals surface area contributed by atoms with Gasteiger partial charge in [0.25, 0.3) is 0 Å². The third kappa shape index (κ3) is 2.34. The molecule has 86 valence electrons. The Balaban J connectivity index is 3.09. The Labute approximate surface area is 93.9 Å². The third-order valence-electron chi connectivity index (χ3n) is 4.01. The molecule has 0 aromatic rings. The molecule has 0 saturated carbocycles. The van der Waals surface area contributed by atoms with Crippen LogP contribution in [0.5, 0.6) is 0 Å². The lowest BCUT2D eigenvalue weighted by molar-refractivity contribution is 0.170. The fourth-order valence-corrected chi connectivity index (χ4v) is 2.66. The Kier molecular flexibility index (Phi) is 3.77. The van der Waals surface area contributed by atoms with Crippen LogP contribution >= 0.6 is 0 Å². The minimum absolute atomic E-state index is 0.126. The number of allylic oxidation sites excluding steroid dienone is 2. The molecule has 1 aliphatic carbocycles. The third-order valence-corrected chi connectivity index (χ3v) is 4.01. The summed E-state index contributed by atoms with van der Waals surface area (Å²) in [7, 11) is 0. The first-order valence-electron chi connectivity index (χ1n) is 5.92. The zero-order valence-electron chi connectivity index (χ0n) is 10.7. The standard InChI is InChI=1S/C14H24O/c1-6-7-12(15)13-10(2)8-9-11(3)14(13,4)5/h6-7,11-12,15H,8-9H2,1-5H3/b7-6+. The minimum atomic E-state index is -0.396. The molecule has 1 N–H and O–H groups in total. The van der Waals surface area contributed by atoms with Crippen molar-refractivity contribution >= 4 is 0 Å². The Morgan fingerprint density at radius 1 is 1.47 bits per heavy atom. The second kappa shape index (κ2) is 4.52. The maximum Gasteiger partial charge on any atom is 0.0939 e. The van der Waals surface area contributed by atoms with Gasteiger partial charge in [-0.2, -0.15) is 0 Å². The lowest BCUT2D eigenvalue weighted by Gasteiger charge is -2.41. The molecule has 0 radical (unpaired) electrons. The van der Waals surface area contributed by atoms with Gasteiger partial charge in [0.15, 0.2) is 0 Å². The molecule has 0 bridgehead atoms. The maximum absolute atomic E-state index is 10.2. The van der Waals surface area contributed by atoms with E-state index in [9.17, 15) is 5.11 Å². The first kappa shape index (κ1) is 12.5. The molecule has 0 amide bonds. The zero-order valence-corrected chi connectivity index (χ0v) is 10.7. The molecular weight excluding hydrogens is 184 g/mol. The van der Waals surface area contributed by atoms with Crippen LogP contribution in [-0.2, 0) is 0 Å². The highest BCUT2D eigenvalue weighted by Gasteiger charge is 2.36. The minimum Gasteiger partial charge on any atom is -0.385 e. The van der Waals surface area contributed by atoms with Crippen LogP contribution in [0.2, 0.25) is 0 Å². The van der Waals surface area contributed by atoms with Crippen LogP contribution in [-0.4, -0.2) is 11.2 Å². The summed E-state index contributed by atoms with van der Waals surface area (Å²) in [4.78, 5) is 0. The van der Waals surface area contributed by atoms with Crippen molar-refractivity contribution in [2.75, 3.05) is 0 Å². The smallest absolute Gasteiger partial charge is 0.0939 e. The van der Waals surface area contributed by atoms with Gasteiger partial charge in [0.05, 0.1) is 6.10 Å². The van der Waals surface area contributed by atoms with E-state index < -0.39 is 6.10 Å². The zero-order chi connectivity index (χ0) is 11.6. The average molecular weight is 208 g/mol. The maximum atomic E-state index is 10.2. The van der Waals surface area contributed by atoms with Gasteiger partial charge >= 0.3 is 0 Å². The number of hydrogen-bond acceptors (Lipinski definition) is 1. The second-order valence-electron chi connectivity index (χ2n) is 5.33. The molecule has 2 atom stereocenters. The SMILES string of the molecule is C/C=C/C(O)C1=C(C)CCC(C)C1(C)C. The number of aliphatic hydroxyl groups is 1. The molecule has 15 heavy (non-hydrogen) atoms. The van der Waals surface area contributed by atoms with E-state index >= 15 is 0 Å². The first-order chi connectivity index (χ1) is 6.91. The lowest BCUT2D eigenvalue weighted by atomic mass is 9.64. The number of aliphatic hydroxyl groups excluding tert-OH is 1. The molecule has 0 aromatic heterocycles. The van der Waals surface area contributed by atoms with Crippen molar-refractivity contribution in [1.82, 2.24) is 0 Å². The van der Waals surface area contributed by atoms with E-state index in [0.717, 1.165) is 6.42 Å². The summed E-state index contributed by atoms with van der Waals surface area (Å²) >= 11 is 0.